The van der Waals surface area contributed by atoms with Gasteiger partial charge in [0.05, 0.1) is 5.41 Å². The Kier molecular flexibility index (Phi) is 4.09. The van der Waals surface area contributed by atoms with Gasteiger partial charge in [0.1, 0.15) is 0 Å². The highest BCUT2D eigenvalue weighted by Gasteiger charge is 2.51. The topological polar surface area (TPSA) is 77.0 Å². The first-order chi connectivity index (χ1) is 12.7. The van der Waals surface area contributed by atoms with Crippen molar-refractivity contribution >= 4 is 0 Å². The van der Waals surface area contributed by atoms with Crippen molar-refractivity contribution in [2.24, 2.45) is 5.73 Å². The van der Waals surface area contributed by atoms with Crippen molar-refractivity contribution in [1.82, 2.24) is 15.5 Å². The molecule has 3 saturated carbocycles. The fraction of sp³-hybridized carbons (Fsp3) is 0.619. The lowest BCUT2D eigenvalue weighted by molar-refractivity contribution is 0.325. The Morgan fingerprint density at radius 2 is 1.88 bits per heavy atom. The Labute approximate surface area is 154 Å². The molecule has 0 unspecified atom stereocenters. The van der Waals surface area contributed by atoms with E-state index in [1.165, 1.54) is 12.0 Å². The summed E-state index contributed by atoms with van der Waals surface area (Å²) in [4.78, 5) is 4.81. The Bertz CT molecular complexity index is 746. The average molecular weight is 352 g/mol. The van der Waals surface area contributed by atoms with Crippen LogP contribution in [0.4, 0.5) is 0 Å². The lowest BCUT2D eigenvalue weighted by atomic mass is 9.86. The highest BCUT2D eigenvalue weighted by molar-refractivity contribution is 5.28. The fourth-order valence-electron chi connectivity index (χ4n) is 4.43. The molecule has 5 rings (SSSR count). The third-order valence-electron chi connectivity index (χ3n) is 6.61. The summed E-state index contributed by atoms with van der Waals surface area (Å²) in [5.41, 5.74) is 7.55. The second-order valence-corrected chi connectivity index (χ2v) is 8.59. The van der Waals surface area contributed by atoms with Crippen LogP contribution in [-0.4, -0.2) is 28.8 Å². The summed E-state index contributed by atoms with van der Waals surface area (Å²) < 4.78 is 5.70. The van der Waals surface area contributed by atoms with Gasteiger partial charge >= 0.3 is 0 Å². The van der Waals surface area contributed by atoms with Crippen molar-refractivity contribution in [3.63, 3.8) is 0 Å². The maximum Gasteiger partial charge on any atom is 0.234 e. The predicted octanol–water partition coefficient (Wildman–Crippen LogP) is 3.23. The maximum atomic E-state index is 6.01. The number of benzene rings is 1. The molecule has 0 radical (unpaired) electrons. The van der Waals surface area contributed by atoms with Crippen LogP contribution in [-0.2, 0) is 5.41 Å². The quantitative estimate of drug-likeness (QED) is 0.835. The molecule has 0 aliphatic heterocycles. The van der Waals surface area contributed by atoms with Gasteiger partial charge in [-0.1, -0.05) is 35.5 Å². The lowest BCUT2D eigenvalue weighted by Gasteiger charge is -2.23. The third kappa shape index (κ3) is 3.19. The molecule has 0 amide bonds. The van der Waals surface area contributed by atoms with Crippen LogP contribution in [0.15, 0.2) is 34.9 Å². The minimum Gasteiger partial charge on any atom is -0.339 e. The summed E-state index contributed by atoms with van der Waals surface area (Å²) >= 11 is 0. The van der Waals surface area contributed by atoms with Crippen molar-refractivity contribution < 1.29 is 4.52 Å². The van der Waals surface area contributed by atoms with Gasteiger partial charge in [0.25, 0.3) is 0 Å². The van der Waals surface area contributed by atoms with Crippen LogP contribution in [0.2, 0.25) is 0 Å². The SMILES string of the molecule is NC1CCC(c2noc(C3(CN[C@@H]4C[C@H]4c4ccccc4)CC3)n2)CC1. The van der Waals surface area contributed by atoms with Crippen LogP contribution in [0.5, 0.6) is 0 Å². The van der Waals surface area contributed by atoms with Crippen molar-refractivity contribution in [2.75, 3.05) is 6.54 Å². The number of aromatic nitrogens is 2. The molecule has 5 heteroatoms. The van der Waals surface area contributed by atoms with Crippen molar-refractivity contribution in [1.29, 1.82) is 0 Å². The number of nitrogens with two attached hydrogens (primary N) is 1. The molecule has 2 aromatic rings. The molecule has 0 bridgehead atoms. The average Bonchev–Trinajstić information content (AvgIpc) is 3.59. The first-order valence-electron chi connectivity index (χ1n) is 10.1. The summed E-state index contributed by atoms with van der Waals surface area (Å²) in [6.45, 7) is 0.957. The summed E-state index contributed by atoms with van der Waals surface area (Å²) in [7, 11) is 0. The molecular formula is C21H28N4O. The number of nitrogens with one attached hydrogen (secondary N) is 1. The Morgan fingerprint density at radius 1 is 1.12 bits per heavy atom. The zero-order valence-corrected chi connectivity index (χ0v) is 15.2. The highest BCUT2D eigenvalue weighted by atomic mass is 16.5. The summed E-state index contributed by atoms with van der Waals surface area (Å²) in [6.07, 6.45) is 7.86. The molecular weight excluding hydrogens is 324 g/mol. The van der Waals surface area contributed by atoms with E-state index in [9.17, 15) is 0 Å². The monoisotopic (exact) mass is 352 g/mol. The zero-order valence-electron chi connectivity index (χ0n) is 15.2. The molecule has 3 fully saturated rings. The molecule has 3 N–H and O–H groups in total. The number of hydrogen-bond acceptors (Lipinski definition) is 5. The van der Waals surface area contributed by atoms with E-state index < -0.39 is 0 Å². The van der Waals surface area contributed by atoms with E-state index in [1.54, 1.807) is 0 Å². The predicted molar refractivity (Wildman–Crippen MR) is 100.0 cm³/mol. The van der Waals surface area contributed by atoms with Gasteiger partial charge in [-0.25, -0.2) is 0 Å². The second kappa shape index (κ2) is 6.46. The Balaban J connectivity index is 1.18. The Hall–Kier alpha value is -1.72. The maximum absolute atomic E-state index is 6.01. The van der Waals surface area contributed by atoms with Gasteiger partial charge in [-0.3, -0.25) is 0 Å². The largest absolute Gasteiger partial charge is 0.339 e. The van der Waals surface area contributed by atoms with E-state index in [1.807, 2.05) is 0 Å². The van der Waals surface area contributed by atoms with Crippen LogP contribution in [0.25, 0.3) is 0 Å². The van der Waals surface area contributed by atoms with Crippen LogP contribution >= 0.6 is 0 Å². The lowest BCUT2D eigenvalue weighted by Crippen LogP contribution is -2.29. The van der Waals surface area contributed by atoms with Gasteiger partial charge in [0.15, 0.2) is 5.82 Å². The van der Waals surface area contributed by atoms with E-state index in [4.69, 9.17) is 15.2 Å². The number of nitrogens with zero attached hydrogens (tertiary/aromatic N) is 2. The molecule has 2 atom stereocenters. The molecule has 0 spiro atoms. The smallest absolute Gasteiger partial charge is 0.234 e. The summed E-state index contributed by atoms with van der Waals surface area (Å²) in [6, 6.07) is 11.8. The summed E-state index contributed by atoms with van der Waals surface area (Å²) in [5, 5.41) is 8.08. The van der Waals surface area contributed by atoms with Gasteiger partial charge in [-0.05, 0) is 50.5 Å². The Morgan fingerprint density at radius 3 is 2.62 bits per heavy atom. The molecule has 5 nitrogen and oxygen atoms in total. The standard InChI is InChI=1S/C21H28N4O/c22-16-8-6-15(7-9-16)19-24-20(26-25-19)21(10-11-21)13-23-18-12-17(18)14-4-2-1-3-5-14/h1-5,15-18,23H,6-13,22H2/t15?,16?,17-,18+/m0/s1. The minimum absolute atomic E-state index is 0.0835. The van der Waals surface area contributed by atoms with Crippen LogP contribution < -0.4 is 11.1 Å². The molecule has 1 aromatic carbocycles. The van der Waals surface area contributed by atoms with E-state index in [0.717, 1.165) is 56.8 Å². The molecule has 3 aliphatic carbocycles. The minimum atomic E-state index is 0.0835. The number of rotatable bonds is 6. The van der Waals surface area contributed by atoms with E-state index >= 15 is 0 Å². The van der Waals surface area contributed by atoms with Crippen LogP contribution in [0.3, 0.4) is 0 Å². The molecule has 138 valence electrons. The van der Waals surface area contributed by atoms with Gasteiger partial charge in [0, 0.05) is 30.5 Å². The first kappa shape index (κ1) is 16.5. The first-order valence-corrected chi connectivity index (χ1v) is 10.1. The fourth-order valence-corrected chi connectivity index (χ4v) is 4.43. The van der Waals surface area contributed by atoms with E-state index in [-0.39, 0.29) is 5.41 Å². The van der Waals surface area contributed by atoms with Crippen molar-refractivity contribution in [3.8, 4) is 0 Å². The van der Waals surface area contributed by atoms with Gasteiger partial charge in [-0.2, -0.15) is 4.98 Å². The normalized spacial score (nSPS) is 32.3. The second-order valence-electron chi connectivity index (χ2n) is 8.59. The van der Waals surface area contributed by atoms with Gasteiger partial charge < -0.3 is 15.6 Å². The van der Waals surface area contributed by atoms with Crippen molar-refractivity contribution in [2.45, 2.75) is 74.3 Å². The van der Waals surface area contributed by atoms with Gasteiger partial charge in [-0.15, -0.1) is 0 Å². The van der Waals surface area contributed by atoms with E-state index in [2.05, 4.69) is 40.8 Å². The molecule has 1 aromatic heterocycles. The van der Waals surface area contributed by atoms with E-state index in [0.29, 0.717) is 23.9 Å². The molecule has 26 heavy (non-hydrogen) atoms. The molecule has 0 saturated heterocycles. The van der Waals surface area contributed by atoms with Crippen LogP contribution in [0.1, 0.15) is 74.1 Å². The zero-order chi connectivity index (χ0) is 17.6. The molecule has 3 aliphatic rings. The van der Waals surface area contributed by atoms with Gasteiger partial charge in [0.2, 0.25) is 5.89 Å². The number of hydrogen-bond donors (Lipinski definition) is 2. The highest BCUT2D eigenvalue weighted by Crippen LogP contribution is 2.49. The van der Waals surface area contributed by atoms with Crippen LogP contribution in [0, 0.1) is 0 Å². The molecule has 1 heterocycles. The van der Waals surface area contributed by atoms with Crippen molar-refractivity contribution in [3.05, 3.63) is 47.6 Å². The summed E-state index contributed by atoms with van der Waals surface area (Å²) in [5.74, 6) is 2.86. The third-order valence-corrected chi connectivity index (χ3v) is 6.61.